The number of hydrogen-bond donors (Lipinski definition) is 3. The quantitative estimate of drug-likeness (QED) is 0.182. The van der Waals surface area contributed by atoms with E-state index in [4.69, 9.17) is 25.3 Å². The molecular weight excluding hydrogens is 739 g/mol. The van der Waals surface area contributed by atoms with Gasteiger partial charge in [0.15, 0.2) is 5.01 Å². The minimum atomic E-state index is 0.0547. The number of nitrogens with one attached hydrogen (secondary N) is 1. The molecule has 9 rings (SSSR count). The smallest absolute Gasteiger partial charge is 0.287 e. The van der Waals surface area contributed by atoms with Crippen LogP contribution in [0.3, 0.4) is 0 Å². The molecule has 6 aromatic heterocycles. The van der Waals surface area contributed by atoms with E-state index in [-0.39, 0.29) is 41.1 Å². The van der Waals surface area contributed by atoms with Crippen molar-refractivity contribution < 1.29 is 13.8 Å². The van der Waals surface area contributed by atoms with Gasteiger partial charge in [0.25, 0.3) is 11.8 Å². The van der Waals surface area contributed by atoms with Crippen LogP contribution in [0.4, 0.5) is 41.0 Å². The Morgan fingerprint density at radius 2 is 1.36 bits per heavy atom. The van der Waals surface area contributed by atoms with Crippen LogP contribution in [-0.2, 0) is 4.74 Å². The van der Waals surface area contributed by atoms with E-state index in [0.29, 0.717) is 41.7 Å². The van der Waals surface area contributed by atoms with Crippen LogP contribution in [-0.4, -0.2) is 93.5 Å². The van der Waals surface area contributed by atoms with Crippen LogP contribution in [0.25, 0.3) is 45.8 Å². The number of hydrogen-bond acceptors (Lipinski definition) is 21. The maximum absolute atomic E-state index is 5.93. The van der Waals surface area contributed by atoms with Crippen molar-refractivity contribution in [3.63, 3.8) is 0 Å². The van der Waals surface area contributed by atoms with Crippen LogP contribution in [0.15, 0.2) is 99.5 Å². The monoisotopic (exact) mass is 769 g/mol. The van der Waals surface area contributed by atoms with Gasteiger partial charge in [-0.05, 0) is 36.4 Å². The largest absolute Gasteiger partial charge is 0.378 e. The second-order valence-electron chi connectivity index (χ2n) is 11.7. The number of morpholine rings is 1. The molecule has 0 bridgehead atoms. The van der Waals surface area contributed by atoms with Crippen molar-refractivity contribution in [2.24, 2.45) is 0 Å². The van der Waals surface area contributed by atoms with Crippen molar-refractivity contribution in [1.29, 1.82) is 0 Å². The number of nitrogen functional groups attached to an aromatic ring is 2. The highest BCUT2D eigenvalue weighted by Gasteiger charge is 2.20. The molecule has 0 spiro atoms. The number of ether oxygens (including phenoxy) is 1. The molecule has 1 saturated heterocycles. The SMILES string of the molecule is CN(c1ccccc1)c1nc(N)nc(-c2noc(-c3cccc(N4CCOCC4)n3)n2)n1.Nc1nc(Nc2ccccc2)nc(-c2noc(-c3nccs3)n2)n1. The lowest BCUT2D eigenvalue weighted by Gasteiger charge is -2.27. The molecule has 1 fully saturated rings. The molecule has 0 aliphatic carbocycles. The minimum absolute atomic E-state index is 0.0547. The summed E-state index contributed by atoms with van der Waals surface area (Å²) in [6.07, 6.45) is 1.66. The van der Waals surface area contributed by atoms with E-state index in [1.807, 2.05) is 91.3 Å². The van der Waals surface area contributed by atoms with E-state index in [2.05, 4.69) is 70.4 Å². The van der Waals surface area contributed by atoms with Crippen LogP contribution in [0.2, 0.25) is 0 Å². The maximum Gasteiger partial charge on any atom is 0.287 e. The molecule has 0 amide bonds. The van der Waals surface area contributed by atoms with Crippen molar-refractivity contribution in [3.05, 3.63) is 90.4 Å². The third kappa shape index (κ3) is 8.32. The Morgan fingerprint density at radius 3 is 2.09 bits per heavy atom. The number of rotatable bonds is 9. The number of benzene rings is 2. The molecule has 5 N–H and O–H groups in total. The molecule has 1 aliphatic heterocycles. The normalized spacial score (nSPS) is 12.5. The summed E-state index contributed by atoms with van der Waals surface area (Å²) in [6.45, 7) is 2.93. The van der Waals surface area contributed by atoms with Gasteiger partial charge in [-0.25, -0.2) is 9.97 Å². The van der Waals surface area contributed by atoms with Crippen LogP contribution in [0, 0.1) is 0 Å². The number of nitrogens with zero attached hydrogens (tertiary/aromatic N) is 14. The lowest BCUT2D eigenvalue weighted by atomic mass is 10.3. The number of anilines is 7. The lowest BCUT2D eigenvalue weighted by Crippen LogP contribution is -2.36. The summed E-state index contributed by atoms with van der Waals surface area (Å²) >= 11 is 1.40. The van der Waals surface area contributed by atoms with Crippen molar-refractivity contribution in [2.45, 2.75) is 0 Å². The van der Waals surface area contributed by atoms with Crippen LogP contribution >= 0.6 is 11.3 Å². The van der Waals surface area contributed by atoms with Crippen molar-refractivity contribution in [3.8, 4) is 45.8 Å². The van der Waals surface area contributed by atoms with Gasteiger partial charge in [0, 0.05) is 43.1 Å². The summed E-state index contributed by atoms with van der Waals surface area (Å²) in [5.41, 5.74) is 14.0. The maximum atomic E-state index is 5.93. The Bertz CT molecular complexity index is 2510. The fourth-order valence-corrected chi connectivity index (χ4v) is 5.81. The summed E-state index contributed by atoms with van der Waals surface area (Å²) in [5.74, 6) is 3.04. The Balaban J connectivity index is 0.000000164. The van der Waals surface area contributed by atoms with Gasteiger partial charge in [0.1, 0.15) is 11.5 Å². The number of pyridine rings is 1. The van der Waals surface area contributed by atoms with Gasteiger partial charge in [0.05, 0.1) is 13.2 Å². The first-order chi connectivity index (χ1) is 27.4. The topological polar surface area (TPSA) is 261 Å². The molecule has 0 radical (unpaired) electrons. The lowest BCUT2D eigenvalue weighted by molar-refractivity contribution is 0.122. The fraction of sp³-hybridized carbons (Fsp3) is 0.143. The Morgan fingerprint density at radius 1 is 0.679 bits per heavy atom. The molecule has 20 nitrogen and oxygen atoms in total. The first-order valence-corrected chi connectivity index (χ1v) is 17.9. The molecule has 280 valence electrons. The van der Waals surface area contributed by atoms with Gasteiger partial charge in [0.2, 0.25) is 47.1 Å². The molecule has 7 heterocycles. The summed E-state index contributed by atoms with van der Waals surface area (Å²) in [4.78, 5) is 46.7. The predicted molar refractivity (Wildman–Crippen MR) is 207 cm³/mol. The van der Waals surface area contributed by atoms with E-state index in [1.165, 1.54) is 11.3 Å². The van der Waals surface area contributed by atoms with Crippen molar-refractivity contribution >= 4 is 52.3 Å². The number of nitrogens with two attached hydrogens (primary N) is 2. The van der Waals surface area contributed by atoms with Gasteiger partial charge in [-0.1, -0.05) is 52.8 Å². The van der Waals surface area contributed by atoms with E-state index in [1.54, 1.807) is 11.1 Å². The molecule has 0 unspecified atom stereocenters. The van der Waals surface area contributed by atoms with Gasteiger partial charge in [-0.15, -0.1) is 11.3 Å². The third-order valence-electron chi connectivity index (χ3n) is 7.92. The molecule has 0 atom stereocenters. The second-order valence-corrected chi connectivity index (χ2v) is 12.6. The number of thiazole rings is 1. The molecule has 56 heavy (non-hydrogen) atoms. The molecule has 0 saturated carbocycles. The zero-order valence-corrected chi connectivity index (χ0v) is 30.4. The Kier molecular flexibility index (Phi) is 10.3. The molecule has 2 aromatic carbocycles. The first-order valence-electron chi connectivity index (χ1n) is 17.0. The highest BCUT2D eigenvalue weighted by Crippen LogP contribution is 2.26. The fourth-order valence-electron chi connectivity index (χ4n) is 5.26. The number of aromatic nitrogens is 12. The van der Waals surface area contributed by atoms with Crippen molar-refractivity contribution in [1.82, 2.24) is 60.2 Å². The molecule has 21 heteroatoms. The highest BCUT2D eigenvalue weighted by atomic mass is 32.1. The van der Waals surface area contributed by atoms with Gasteiger partial charge >= 0.3 is 0 Å². The molecular formula is C35H31N17O3S. The Hall–Kier alpha value is -7.52. The summed E-state index contributed by atoms with van der Waals surface area (Å²) < 4.78 is 16.0. The van der Waals surface area contributed by atoms with E-state index < -0.39 is 0 Å². The van der Waals surface area contributed by atoms with Gasteiger partial charge < -0.3 is 40.4 Å². The van der Waals surface area contributed by atoms with E-state index >= 15 is 0 Å². The standard InChI is InChI=1S/C21H21N9O2.C14H10N8OS/c1-29(14-6-3-2-4-7-14)21-26-17(25-20(22)27-21)18-24-19(32-28-18)15-8-5-9-16(23-15)30-10-12-31-13-11-30;15-13-19-9(10-18-11(23-22-10)12-16-6-7-24-12)20-14(21-13)17-8-4-2-1-3-5-8/h2-9H,10-13H2,1H3,(H2,22,25,26,27);1-7H,(H3,15,17,19,20,21). The van der Waals surface area contributed by atoms with Crippen molar-refractivity contribution in [2.75, 3.05) is 59.9 Å². The summed E-state index contributed by atoms with van der Waals surface area (Å²) in [6, 6.07) is 24.8. The van der Waals surface area contributed by atoms with E-state index in [0.717, 1.165) is 30.3 Å². The molecule has 8 aromatic rings. The average Bonchev–Trinajstić information content (AvgIpc) is 4.05. The van der Waals surface area contributed by atoms with Crippen LogP contribution in [0.5, 0.6) is 0 Å². The van der Waals surface area contributed by atoms with Gasteiger partial charge in [-0.3, -0.25) is 0 Å². The highest BCUT2D eigenvalue weighted by molar-refractivity contribution is 7.12. The minimum Gasteiger partial charge on any atom is -0.378 e. The zero-order chi connectivity index (χ0) is 38.3. The average molecular weight is 770 g/mol. The van der Waals surface area contributed by atoms with Crippen LogP contribution < -0.4 is 26.6 Å². The zero-order valence-electron chi connectivity index (χ0n) is 29.5. The second kappa shape index (κ2) is 16.2. The summed E-state index contributed by atoms with van der Waals surface area (Å²) in [5, 5.41) is 13.4. The molecule has 1 aliphatic rings. The third-order valence-corrected chi connectivity index (χ3v) is 8.68. The Labute approximate surface area is 321 Å². The predicted octanol–water partition coefficient (Wildman–Crippen LogP) is 4.54. The van der Waals surface area contributed by atoms with Crippen LogP contribution in [0.1, 0.15) is 0 Å². The first kappa shape index (κ1) is 35.5. The van der Waals surface area contributed by atoms with E-state index in [9.17, 15) is 0 Å². The number of para-hydroxylation sites is 2. The summed E-state index contributed by atoms with van der Waals surface area (Å²) in [7, 11) is 1.84. The van der Waals surface area contributed by atoms with Gasteiger partial charge in [-0.2, -0.15) is 39.9 Å².